The van der Waals surface area contributed by atoms with E-state index in [1.165, 1.54) is 0 Å². The molecule has 6 nitrogen and oxygen atoms in total. The molecule has 2 N–H and O–H groups in total. The minimum absolute atomic E-state index is 0.108. The van der Waals surface area contributed by atoms with Crippen molar-refractivity contribution in [2.45, 2.75) is 27.7 Å². The van der Waals surface area contributed by atoms with Crippen molar-refractivity contribution in [2.75, 3.05) is 5.32 Å². The van der Waals surface area contributed by atoms with E-state index in [1.54, 1.807) is 30.5 Å². The predicted octanol–water partition coefficient (Wildman–Crippen LogP) is 8.19. The van der Waals surface area contributed by atoms with Gasteiger partial charge in [0.15, 0.2) is 0 Å². The molecule has 0 fully saturated rings. The number of benzene rings is 2. The first-order valence-electron chi connectivity index (χ1n) is 12.9. The average molecular weight is 548 g/mol. The summed E-state index contributed by atoms with van der Waals surface area (Å²) in [5.41, 5.74) is 6.96. The highest BCUT2D eigenvalue weighted by atomic mass is 35.5. The summed E-state index contributed by atoms with van der Waals surface area (Å²) in [6.07, 6.45) is 8.80. The number of halogens is 1. The molecule has 0 saturated carbocycles. The number of hydrogen-bond donors (Lipinski definition) is 2. The third-order valence-electron chi connectivity index (χ3n) is 6.19. The van der Waals surface area contributed by atoms with E-state index in [0.29, 0.717) is 22.6 Å². The number of nitrogens with one attached hydrogen (secondary N) is 2. The number of rotatable bonds is 8. The molecule has 7 heteroatoms. The lowest BCUT2D eigenvalue weighted by molar-refractivity contribution is 0.0962. The molecule has 4 rings (SSSR count). The van der Waals surface area contributed by atoms with Gasteiger partial charge in [0.2, 0.25) is 0 Å². The molecule has 200 valence electrons. The van der Waals surface area contributed by atoms with Crippen molar-refractivity contribution in [1.29, 1.82) is 5.26 Å². The van der Waals surface area contributed by atoms with Gasteiger partial charge in [-0.25, -0.2) is 9.97 Å². The number of anilines is 2. The zero-order valence-electron chi connectivity index (χ0n) is 22.9. The van der Waals surface area contributed by atoms with Crippen LogP contribution in [0.4, 0.5) is 11.4 Å². The quantitative estimate of drug-likeness (QED) is 0.217. The summed E-state index contributed by atoms with van der Waals surface area (Å²) in [6, 6.07) is 17.4. The van der Waals surface area contributed by atoms with E-state index in [0.717, 1.165) is 33.3 Å². The molecule has 0 bridgehead atoms. The van der Waals surface area contributed by atoms with Crippen molar-refractivity contribution in [1.82, 2.24) is 15.3 Å². The highest BCUT2D eigenvalue weighted by Crippen LogP contribution is 2.38. The summed E-state index contributed by atoms with van der Waals surface area (Å²) >= 11 is 6.97. The second-order valence-electron chi connectivity index (χ2n) is 9.78. The van der Waals surface area contributed by atoms with Gasteiger partial charge in [-0.1, -0.05) is 68.5 Å². The topological polar surface area (TPSA) is 90.7 Å². The van der Waals surface area contributed by atoms with Crippen LogP contribution in [0.15, 0.2) is 91.3 Å². The maximum absolute atomic E-state index is 13.5. The maximum atomic E-state index is 13.5. The summed E-state index contributed by atoms with van der Waals surface area (Å²) in [6.45, 7) is 11.8. The van der Waals surface area contributed by atoms with Crippen molar-refractivity contribution < 1.29 is 4.79 Å². The lowest BCUT2D eigenvalue weighted by Crippen LogP contribution is -2.24. The van der Waals surface area contributed by atoms with Gasteiger partial charge in [0.05, 0.1) is 16.2 Å². The van der Waals surface area contributed by atoms with Crippen LogP contribution in [-0.4, -0.2) is 15.9 Å². The van der Waals surface area contributed by atoms with E-state index in [-0.39, 0.29) is 16.6 Å². The summed E-state index contributed by atoms with van der Waals surface area (Å²) in [7, 11) is 0. The van der Waals surface area contributed by atoms with Crippen molar-refractivity contribution in [3.8, 4) is 17.2 Å². The van der Waals surface area contributed by atoms with Gasteiger partial charge in [-0.3, -0.25) is 4.79 Å². The minimum Gasteiger partial charge on any atom is -0.353 e. The van der Waals surface area contributed by atoms with Gasteiger partial charge in [-0.2, -0.15) is 5.26 Å². The Bertz CT molecular complexity index is 1700. The number of carbonyl (C=O) groups excluding carboxylic acids is 1. The minimum atomic E-state index is -0.420. The molecule has 2 heterocycles. The fourth-order valence-corrected chi connectivity index (χ4v) is 4.47. The third kappa shape index (κ3) is 6.45. The lowest BCUT2D eigenvalue weighted by atomic mass is 10.0. The first-order valence-corrected chi connectivity index (χ1v) is 13.2. The van der Waals surface area contributed by atoms with Crippen LogP contribution in [0.5, 0.6) is 0 Å². The van der Waals surface area contributed by atoms with Gasteiger partial charge < -0.3 is 10.6 Å². The zero-order chi connectivity index (χ0) is 28.8. The van der Waals surface area contributed by atoms with Gasteiger partial charge in [-0.15, -0.1) is 0 Å². The molecule has 0 aliphatic heterocycles. The Hall–Kier alpha value is -4.73. The molecule has 2 aromatic carbocycles. The fourth-order valence-electron chi connectivity index (χ4n) is 4.19. The van der Waals surface area contributed by atoms with Crippen molar-refractivity contribution in [2.24, 2.45) is 5.92 Å². The van der Waals surface area contributed by atoms with Crippen LogP contribution in [0.1, 0.15) is 41.2 Å². The molecule has 2 aromatic heterocycles. The van der Waals surface area contributed by atoms with Crippen LogP contribution >= 0.6 is 11.6 Å². The van der Waals surface area contributed by atoms with E-state index in [4.69, 9.17) is 16.9 Å². The van der Waals surface area contributed by atoms with Crippen molar-refractivity contribution in [3.63, 3.8) is 0 Å². The second-order valence-corrected chi connectivity index (χ2v) is 10.2. The van der Waals surface area contributed by atoms with E-state index < -0.39 is 5.91 Å². The Labute approximate surface area is 239 Å². The predicted molar refractivity (Wildman–Crippen MR) is 164 cm³/mol. The number of nitriles is 1. The Morgan fingerprint density at radius 1 is 1.10 bits per heavy atom. The normalized spacial score (nSPS) is 11.6. The van der Waals surface area contributed by atoms with E-state index in [1.807, 2.05) is 82.3 Å². The molecule has 0 atom stereocenters. The van der Waals surface area contributed by atoms with Crippen LogP contribution in [0.25, 0.3) is 22.0 Å². The molecule has 0 aliphatic rings. The zero-order valence-corrected chi connectivity index (χ0v) is 23.7. The van der Waals surface area contributed by atoms with Gasteiger partial charge in [0.1, 0.15) is 17.5 Å². The molecule has 0 spiro atoms. The van der Waals surface area contributed by atoms with E-state index in [9.17, 15) is 4.79 Å². The Kier molecular flexibility index (Phi) is 8.78. The molecule has 0 radical (unpaired) electrons. The Morgan fingerprint density at radius 2 is 1.88 bits per heavy atom. The van der Waals surface area contributed by atoms with E-state index >= 15 is 0 Å². The molecule has 0 saturated heterocycles. The summed E-state index contributed by atoms with van der Waals surface area (Å²) in [5.74, 6) is -0.210. The monoisotopic (exact) mass is 547 g/mol. The number of hydrogen-bond acceptors (Lipinski definition) is 5. The number of carbonyl (C=O) groups is 1. The van der Waals surface area contributed by atoms with Crippen molar-refractivity contribution in [3.05, 3.63) is 119 Å². The number of allylic oxidation sites excluding steroid dienone is 4. The molecular weight excluding hydrogens is 518 g/mol. The highest BCUT2D eigenvalue weighted by Gasteiger charge is 2.21. The lowest BCUT2D eigenvalue weighted by Gasteiger charge is -2.18. The fraction of sp³-hybridized carbons (Fsp3) is 0.152. The maximum Gasteiger partial charge on any atom is 0.275 e. The first-order chi connectivity index (χ1) is 19.2. The smallest absolute Gasteiger partial charge is 0.275 e. The highest BCUT2D eigenvalue weighted by molar-refractivity contribution is 6.38. The summed E-state index contributed by atoms with van der Waals surface area (Å²) in [5, 5.41) is 16.5. The third-order valence-corrected chi connectivity index (χ3v) is 6.56. The number of nitrogens with zero attached hydrogens (tertiary/aromatic N) is 3. The van der Waals surface area contributed by atoms with Crippen LogP contribution in [-0.2, 0) is 0 Å². The number of aryl methyl sites for hydroxylation is 2. The Morgan fingerprint density at radius 3 is 2.55 bits per heavy atom. The summed E-state index contributed by atoms with van der Waals surface area (Å²) < 4.78 is 0. The molecule has 4 aromatic rings. The standard InChI is InChI=1S/C33H30ClN5O/c1-6-7-8-25(15-20(2)3)37-33(40)32-30(34)31(39-29-16-21(4)9-10-22(29)5)27-17-23(12-14-28(27)38-32)24-11-13-26(18-35)36-19-24/h6-17,19-20H,1H2,2-5H3,(H,37,40)(H,38,39)/b8-7-,25-15+. The van der Waals surface area contributed by atoms with Gasteiger partial charge in [0, 0.05) is 28.5 Å². The molecule has 40 heavy (non-hydrogen) atoms. The number of fused-ring (bicyclic) bond motifs is 1. The number of pyridine rings is 2. The van der Waals surface area contributed by atoms with Gasteiger partial charge >= 0.3 is 0 Å². The summed E-state index contributed by atoms with van der Waals surface area (Å²) in [4.78, 5) is 22.4. The van der Waals surface area contributed by atoms with E-state index in [2.05, 4.69) is 27.2 Å². The van der Waals surface area contributed by atoms with Crippen LogP contribution < -0.4 is 10.6 Å². The molecule has 0 aliphatic carbocycles. The SMILES string of the molecule is C=C/C=C\C(=C/C(C)C)NC(=O)c1nc2ccc(-c3ccc(C#N)nc3)cc2c(Nc2cc(C)ccc2C)c1Cl. The molecular formula is C33H30ClN5O. The molecule has 0 unspecified atom stereocenters. The van der Waals surface area contributed by atoms with Gasteiger partial charge in [-0.05, 0) is 72.9 Å². The van der Waals surface area contributed by atoms with Gasteiger partial charge in [0.25, 0.3) is 5.91 Å². The number of aromatic nitrogens is 2. The van der Waals surface area contributed by atoms with Crippen molar-refractivity contribution >= 4 is 39.8 Å². The second kappa shape index (κ2) is 12.4. The van der Waals surface area contributed by atoms with Crippen LogP contribution in [0.3, 0.4) is 0 Å². The van der Waals surface area contributed by atoms with Crippen LogP contribution in [0.2, 0.25) is 5.02 Å². The number of amides is 1. The van der Waals surface area contributed by atoms with Crippen LogP contribution in [0, 0.1) is 31.1 Å². The molecule has 1 amide bonds. The largest absolute Gasteiger partial charge is 0.353 e. The first kappa shape index (κ1) is 28.3. The average Bonchev–Trinajstić information content (AvgIpc) is 2.94. The Balaban J connectivity index is 1.88.